The van der Waals surface area contributed by atoms with Gasteiger partial charge in [0, 0.05) is 0 Å². The van der Waals surface area contributed by atoms with Gasteiger partial charge in [-0.1, -0.05) is 107 Å². The minimum Gasteiger partial charge on any atom is -0.0716 e. The minimum absolute atomic E-state index is 0.978. The van der Waals surface area contributed by atoms with Gasteiger partial charge >= 0.3 is 0 Å². The van der Waals surface area contributed by atoms with Crippen LogP contribution in [-0.4, -0.2) is 0 Å². The standard InChI is InChI=1S/C38H30/c1-21-5-9-25(10-6-21)33-29-15-13-28-18-24(4)20-32-34(26-11-7-22(2)8-12-26)30-16-14-27-17-23(3)19-31(33)35(27)38(30)37(29)36(28)32/h5-13,15-19H,14,20H2,1-4H3. The van der Waals surface area contributed by atoms with Crippen molar-refractivity contribution in [3.63, 3.8) is 0 Å². The SMILES string of the molecule is CC1=Cc2ccc3c(-c4ccc(C)cc4)c4cc(C)cc5c4c4c(c(-c6ccc(C)cc6)c(c2c34)C1)=CC5. The number of benzene rings is 6. The molecule has 8 rings (SSSR count). The maximum atomic E-state index is 2.52. The number of allylic oxidation sites excluding steroid dienone is 1. The topological polar surface area (TPSA) is 0 Å². The Labute approximate surface area is 223 Å². The van der Waals surface area contributed by atoms with E-state index in [1.165, 1.54) is 98.7 Å². The smallest absolute Gasteiger partial charge is 0.00108 e. The highest BCUT2D eigenvalue weighted by atomic mass is 14.3. The van der Waals surface area contributed by atoms with Gasteiger partial charge in [0.05, 0.1) is 0 Å². The van der Waals surface area contributed by atoms with Crippen molar-refractivity contribution in [1.82, 2.24) is 0 Å². The van der Waals surface area contributed by atoms with Crippen molar-refractivity contribution < 1.29 is 0 Å². The van der Waals surface area contributed by atoms with Crippen LogP contribution in [0.4, 0.5) is 0 Å². The van der Waals surface area contributed by atoms with Crippen molar-refractivity contribution in [1.29, 1.82) is 0 Å². The summed E-state index contributed by atoms with van der Waals surface area (Å²) >= 11 is 0. The van der Waals surface area contributed by atoms with E-state index in [1.807, 2.05) is 0 Å². The molecule has 0 nitrogen and oxygen atoms in total. The van der Waals surface area contributed by atoms with Crippen molar-refractivity contribution in [2.75, 3.05) is 0 Å². The van der Waals surface area contributed by atoms with Crippen molar-refractivity contribution in [3.8, 4) is 22.3 Å². The van der Waals surface area contributed by atoms with Crippen LogP contribution >= 0.6 is 0 Å². The van der Waals surface area contributed by atoms with Crippen molar-refractivity contribution in [2.24, 2.45) is 0 Å². The second-order valence-electron chi connectivity index (χ2n) is 11.6. The number of hydrogen-bond donors (Lipinski definition) is 0. The number of rotatable bonds is 2. The fourth-order valence-electron chi connectivity index (χ4n) is 7.27. The summed E-state index contributed by atoms with van der Waals surface area (Å²) in [6, 6.07) is 28.0. The average molecular weight is 487 g/mol. The maximum Gasteiger partial charge on any atom is -0.00108 e. The number of hydrogen-bond acceptors (Lipinski definition) is 0. The molecule has 0 heterocycles. The van der Waals surface area contributed by atoms with Crippen LogP contribution in [0.5, 0.6) is 0 Å². The zero-order valence-corrected chi connectivity index (χ0v) is 22.5. The quantitative estimate of drug-likeness (QED) is 0.169. The Morgan fingerprint density at radius 3 is 1.95 bits per heavy atom. The second-order valence-corrected chi connectivity index (χ2v) is 11.6. The molecule has 0 aromatic heterocycles. The van der Waals surface area contributed by atoms with E-state index in [9.17, 15) is 0 Å². The molecule has 0 N–H and O–H groups in total. The van der Waals surface area contributed by atoms with Crippen LogP contribution in [0, 0.1) is 20.8 Å². The van der Waals surface area contributed by atoms with E-state index in [0.29, 0.717) is 0 Å². The average Bonchev–Trinajstić information content (AvgIpc) is 2.91. The van der Waals surface area contributed by atoms with Crippen LogP contribution in [0.2, 0.25) is 0 Å². The zero-order chi connectivity index (χ0) is 25.7. The molecule has 2 aliphatic rings. The van der Waals surface area contributed by atoms with Crippen molar-refractivity contribution >= 4 is 44.5 Å². The first-order valence-electron chi connectivity index (χ1n) is 13.8. The third-order valence-electron chi connectivity index (χ3n) is 8.85. The Balaban J connectivity index is 1.68. The lowest BCUT2D eigenvalue weighted by atomic mass is 9.75. The molecular weight excluding hydrogens is 456 g/mol. The number of aryl methyl sites for hydroxylation is 3. The van der Waals surface area contributed by atoms with Crippen LogP contribution in [0.3, 0.4) is 0 Å². The molecule has 0 heteroatoms. The monoisotopic (exact) mass is 486 g/mol. The van der Waals surface area contributed by atoms with Gasteiger partial charge in [0.2, 0.25) is 0 Å². The van der Waals surface area contributed by atoms with Crippen LogP contribution in [0.25, 0.3) is 66.7 Å². The summed E-state index contributed by atoms with van der Waals surface area (Å²) < 4.78 is 0. The molecule has 0 fully saturated rings. The Hall–Kier alpha value is -4.16. The fraction of sp³-hybridized carbons (Fsp3) is 0.158. The summed E-state index contributed by atoms with van der Waals surface area (Å²) in [4.78, 5) is 0. The largest absolute Gasteiger partial charge is 0.0716 e. The van der Waals surface area contributed by atoms with Gasteiger partial charge in [-0.15, -0.1) is 0 Å². The molecule has 182 valence electrons. The zero-order valence-electron chi connectivity index (χ0n) is 22.5. The van der Waals surface area contributed by atoms with Crippen LogP contribution in [0.15, 0.2) is 78.4 Å². The molecule has 38 heavy (non-hydrogen) atoms. The third kappa shape index (κ3) is 2.92. The van der Waals surface area contributed by atoms with E-state index >= 15 is 0 Å². The summed E-state index contributed by atoms with van der Waals surface area (Å²) in [6.45, 7) is 8.89. The first-order chi connectivity index (χ1) is 18.5. The molecular formula is C38H30. The molecule has 0 saturated carbocycles. The first-order valence-corrected chi connectivity index (χ1v) is 13.8. The minimum atomic E-state index is 0.978. The molecule has 0 spiro atoms. The lowest BCUT2D eigenvalue weighted by Crippen LogP contribution is -2.18. The normalized spacial score (nSPS) is 13.9. The summed E-state index contributed by atoms with van der Waals surface area (Å²) in [5.74, 6) is 0. The van der Waals surface area contributed by atoms with Gasteiger partial charge in [0.25, 0.3) is 0 Å². The predicted octanol–water partition coefficient (Wildman–Crippen LogP) is 9.42. The van der Waals surface area contributed by atoms with Crippen molar-refractivity contribution in [3.05, 3.63) is 117 Å². The van der Waals surface area contributed by atoms with E-state index in [4.69, 9.17) is 0 Å². The third-order valence-corrected chi connectivity index (χ3v) is 8.85. The van der Waals surface area contributed by atoms with Crippen LogP contribution < -0.4 is 5.22 Å². The van der Waals surface area contributed by atoms with E-state index in [-0.39, 0.29) is 0 Å². The Kier molecular flexibility index (Phi) is 4.42. The first kappa shape index (κ1) is 21.9. The van der Waals surface area contributed by atoms with Gasteiger partial charge in [0.1, 0.15) is 0 Å². The summed E-state index contributed by atoms with van der Waals surface area (Å²) in [5, 5.41) is 10.0. The van der Waals surface area contributed by atoms with E-state index in [0.717, 1.165) is 12.8 Å². The Morgan fingerprint density at radius 2 is 1.24 bits per heavy atom. The molecule has 0 aliphatic heterocycles. The second kappa shape index (κ2) is 7.68. The molecule has 0 amide bonds. The van der Waals surface area contributed by atoms with Crippen LogP contribution in [0.1, 0.15) is 40.3 Å². The van der Waals surface area contributed by atoms with Gasteiger partial charge in [-0.05, 0) is 117 Å². The van der Waals surface area contributed by atoms with E-state index in [2.05, 4.69) is 113 Å². The molecule has 0 radical (unpaired) electrons. The molecule has 6 aromatic carbocycles. The lowest BCUT2D eigenvalue weighted by Gasteiger charge is -2.28. The van der Waals surface area contributed by atoms with E-state index < -0.39 is 0 Å². The highest BCUT2D eigenvalue weighted by molar-refractivity contribution is 6.31. The predicted molar refractivity (Wildman–Crippen MR) is 165 cm³/mol. The molecule has 0 saturated heterocycles. The molecule has 0 unspecified atom stereocenters. The van der Waals surface area contributed by atoms with Gasteiger partial charge in [-0.3, -0.25) is 0 Å². The highest BCUT2D eigenvalue weighted by Gasteiger charge is 2.27. The fourth-order valence-corrected chi connectivity index (χ4v) is 7.27. The summed E-state index contributed by atoms with van der Waals surface area (Å²) in [5.41, 5.74) is 15.2. The van der Waals surface area contributed by atoms with Gasteiger partial charge < -0.3 is 0 Å². The van der Waals surface area contributed by atoms with Gasteiger partial charge in [-0.2, -0.15) is 0 Å². The summed E-state index contributed by atoms with van der Waals surface area (Å²) in [7, 11) is 0. The molecule has 0 bridgehead atoms. The Bertz CT molecular complexity index is 2060. The molecule has 0 atom stereocenters. The molecule has 6 aromatic rings. The lowest BCUT2D eigenvalue weighted by molar-refractivity contribution is 1.16. The van der Waals surface area contributed by atoms with Crippen molar-refractivity contribution in [2.45, 2.75) is 40.5 Å². The Morgan fingerprint density at radius 1 is 0.553 bits per heavy atom. The van der Waals surface area contributed by atoms with Gasteiger partial charge in [-0.25, -0.2) is 0 Å². The van der Waals surface area contributed by atoms with Gasteiger partial charge in [0.15, 0.2) is 0 Å². The molecule has 2 aliphatic carbocycles. The van der Waals surface area contributed by atoms with Crippen LogP contribution in [-0.2, 0) is 12.8 Å². The highest BCUT2D eigenvalue weighted by Crippen LogP contribution is 2.48. The van der Waals surface area contributed by atoms with E-state index in [1.54, 1.807) is 0 Å². The summed E-state index contributed by atoms with van der Waals surface area (Å²) in [6.07, 6.45) is 6.92. The maximum absolute atomic E-state index is 2.52.